The summed E-state index contributed by atoms with van der Waals surface area (Å²) in [5.41, 5.74) is 0.301. The van der Waals surface area contributed by atoms with Gasteiger partial charge in [-0.05, 0) is 19.8 Å². The quantitative estimate of drug-likeness (QED) is 0.788. The Bertz CT molecular complexity index is 572. The largest absolute Gasteiger partial charge is 0.393 e. The van der Waals surface area contributed by atoms with Gasteiger partial charge in [-0.3, -0.25) is 4.79 Å². The van der Waals surface area contributed by atoms with Crippen LogP contribution >= 0.6 is 0 Å². The van der Waals surface area contributed by atoms with Crippen LogP contribution in [0, 0.1) is 0 Å². The zero-order valence-corrected chi connectivity index (χ0v) is 9.87. The lowest BCUT2D eigenvalue weighted by Crippen LogP contribution is -2.24. The molecule has 1 atom stereocenters. The third kappa shape index (κ3) is 2.33. The van der Waals surface area contributed by atoms with Crippen LogP contribution in [0.5, 0.6) is 0 Å². The molecular weight excluding hydrogens is 222 g/mol. The van der Waals surface area contributed by atoms with Crippen molar-refractivity contribution < 1.29 is 5.11 Å². The fourth-order valence-electron chi connectivity index (χ4n) is 1.66. The lowest BCUT2D eigenvalue weighted by Gasteiger charge is -2.05. The number of rotatable bonds is 4. The SMILES string of the molecule is CC(O)CCCn1nnc2c(cnn2C)c1=O. The molecule has 1 N–H and O–H groups in total. The molecule has 0 amide bonds. The van der Waals surface area contributed by atoms with Crippen LogP contribution in [0.15, 0.2) is 11.0 Å². The van der Waals surface area contributed by atoms with Gasteiger partial charge in [0, 0.05) is 13.6 Å². The van der Waals surface area contributed by atoms with E-state index in [0.717, 1.165) is 0 Å². The second-order valence-electron chi connectivity index (χ2n) is 4.11. The predicted octanol–water partition coefficient (Wildman–Crippen LogP) is -0.314. The van der Waals surface area contributed by atoms with Crippen LogP contribution in [-0.4, -0.2) is 36.0 Å². The standard InChI is InChI=1S/C10H15N5O2/c1-7(16)4-3-5-15-10(17)8-6-11-14(2)9(8)12-13-15/h6-7,16H,3-5H2,1-2H3. The minimum absolute atomic E-state index is 0.186. The van der Waals surface area contributed by atoms with Crippen LogP contribution in [0.1, 0.15) is 19.8 Å². The van der Waals surface area contributed by atoms with Gasteiger partial charge < -0.3 is 5.11 Å². The lowest BCUT2D eigenvalue weighted by atomic mass is 10.2. The summed E-state index contributed by atoms with van der Waals surface area (Å²) < 4.78 is 2.83. The summed E-state index contributed by atoms with van der Waals surface area (Å²) in [6.45, 7) is 2.18. The monoisotopic (exact) mass is 237 g/mol. The Hall–Kier alpha value is -1.76. The van der Waals surface area contributed by atoms with Gasteiger partial charge in [0.1, 0.15) is 5.39 Å². The molecule has 0 aliphatic carbocycles. The van der Waals surface area contributed by atoms with Crippen molar-refractivity contribution in [1.82, 2.24) is 24.8 Å². The minimum atomic E-state index is -0.360. The van der Waals surface area contributed by atoms with Crippen molar-refractivity contribution in [3.8, 4) is 0 Å². The molecule has 0 bridgehead atoms. The summed E-state index contributed by atoms with van der Waals surface area (Å²) in [4.78, 5) is 12.0. The molecule has 0 aliphatic heterocycles. The van der Waals surface area contributed by atoms with E-state index in [1.165, 1.54) is 15.6 Å². The first-order valence-electron chi connectivity index (χ1n) is 5.53. The summed E-state index contributed by atoms with van der Waals surface area (Å²) in [7, 11) is 1.72. The number of aliphatic hydroxyl groups is 1. The van der Waals surface area contributed by atoms with E-state index in [2.05, 4.69) is 15.4 Å². The molecule has 1 unspecified atom stereocenters. The highest BCUT2D eigenvalue weighted by Gasteiger charge is 2.09. The topological polar surface area (TPSA) is 85.8 Å². The highest BCUT2D eigenvalue weighted by molar-refractivity contribution is 5.72. The van der Waals surface area contributed by atoms with Crippen LogP contribution in [0.3, 0.4) is 0 Å². The van der Waals surface area contributed by atoms with Gasteiger partial charge in [-0.25, -0.2) is 9.36 Å². The number of hydrogen-bond donors (Lipinski definition) is 1. The maximum atomic E-state index is 12.0. The molecule has 92 valence electrons. The maximum Gasteiger partial charge on any atom is 0.280 e. The van der Waals surface area contributed by atoms with E-state index in [-0.39, 0.29) is 11.7 Å². The fraction of sp³-hybridized carbons (Fsp3) is 0.600. The van der Waals surface area contributed by atoms with Crippen molar-refractivity contribution in [2.24, 2.45) is 7.05 Å². The molecule has 17 heavy (non-hydrogen) atoms. The van der Waals surface area contributed by atoms with E-state index >= 15 is 0 Å². The summed E-state index contributed by atoms with van der Waals surface area (Å²) >= 11 is 0. The van der Waals surface area contributed by atoms with E-state index in [9.17, 15) is 4.79 Å². The van der Waals surface area contributed by atoms with Crippen LogP contribution in [0.25, 0.3) is 11.0 Å². The summed E-state index contributed by atoms with van der Waals surface area (Å²) in [6, 6.07) is 0. The second-order valence-corrected chi connectivity index (χ2v) is 4.11. The van der Waals surface area contributed by atoms with Crippen molar-refractivity contribution in [3.63, 3.8) is 0 Å². The van der Waals surface area contributed by atoms with Crippen molar-refractivity contribution >= 4 is 11.0 Å². The molecule has 7 heteroatoms. The normalized spacial score (nSPS) is 13.1. The van der Waals surface area contributed by atoms with E-state index in [1.807, 2.05) is 0 Å². The van der Waals surface area contributed by atoms with Crippen LogP contribution in [0.4, 0.5) is 0 Å². The minimum Gasteiger partial charge on any atom is -0.393 e. The first-order valence-corrected chi connectivity index (χ1v) is 5.53. The van der Waals surface area contributed by atoms with Crippen LogP contribution < -0.4 is 5.56 Å². The molecule has 2 rings (SSSR count). The summed E-state index contributed by atoms with van der Waals surface area (Å²) in [6.07, 6.45) is 2.47. The first kappa shape index (κ1) is 11.7. The van der Waals surface area contributed by atoms with Gasteiger partial charge in [-0.15, -0.1) is 5.10 Å². The molecule has 7 nitrogen and oxygen atoms in total. The molecule has 2 aromatic heterocycles. The Morgan fingerprint density at radius 2 is 2.29 bits per heavy atom. The average Bonchev–Trinajstić information content (AvgIpc) is 2.64. The molecular formula is C10H15N5O2. The molecule has 0 saturated heterocycles. The highest BCUT2D eigenvalue weighted by atomic mass is 16.3. The average molecular weight is 237 g/mol. The zero-order chi connectivity index (χ0) is 12.4. The van der Waals surface area contributed by atoms with Gasteiger partial charge >= 0.3 is 0 Å². The van der Waals surface area contributed by atoms with Gasteiger partial charge in [-0.2, -0.15) is 5.10 Å². The molecule has 2 heterocycles. The van der Waals surface area contributed by atoms with Crippen LogP contribution in [0.2, 0.25) is 0 Å². The van der Waals surface area contributed by atoms with Gasteiger partial charge in [0.15, 0.2) is 5.65 Å². The Labute approximate surface area is 97.7 Å². The number of aryl methyl sites for hydroxylation is 2. The number of nitrogens with zero attached hydrogens (tertiary/aromatic N) is 5. The van der Waals surface area contributed by atoms with E-state index in [4.69, 9.17) is 5.11 Å². The van der Waals surface area contributed by atoms with Gasteiger partial charge in [0.25, 0.3) is 5.56 Å². The third-order valence-corrected chi connectivity index (χ3v) is 2.61. The highest BCUT2D eigenvalue weighted by Crippen LogP contribution is 2.02. The molecule has 0 radical (unpaired) electrons. The van der Waals surface area contributed by atoms with E-state index in [0.29, 0.717) is 30.4 Å². The first-order chi connectivity index (χ1) is 8.09. The van der Waals surface area contributed by atoms with Gasteiger partial charge in [0.05, 0.1) is 12.3 Å². The Balaban J connectivity index is 2.24. The molecule has 0 aliphatic rings. The number of aliphatic hydroxyl groups excluding tert-OH is 1. The maximum absolute atomic E-state index is 12.0. The predicted molar refractivity (Wildman–Crippen MR) is 61.5 cm³/mol. The number of hydrogen-bond acceptors (Lipinski definition) is 5. The lowest BCUT2D eigenvalue weighted by molar-refractivity contribution is 0.178. The molecule has 0 aromatic carbocycles. The summed E-state index contributed by atoms with van der Waals surface area (Å²) in [5.74, 6) is 0. The molecule has 0 spiro atoms. The fourth-order valence-corrected chi connectivity index (χ4v) is 1.66. The van der Waals surface area contributed by atoms with Crippen molar-refractivity contribution in [2.75, 3.05) is 0 Å². The van der Waals surface area contributed by atoms with Crippen molar-refractivity contribution in [3.05, 3.63) is 16.6 Å². The zero-order valence-electron chi connectivity index (χ0n) is 9.87. The van der Waals surface area contributed by atoms with Crippen LogP contribution in [-0.2, 0) is 13.6 Å². The number of aromatic nitrogens is 5. The Morgan fingerprint density at radius 3 is 3.00 bits per heavy atom. The van der Waals surface area contributed by atoms with E-state index < -0.39 is 0 Å². The Morgan fingerprint density at radius 1 is 1.53 bits per heavy atom. The Kier molecular flexibility index (Phi) is 3.19. The molecule has 0 fully saturated rings. The van der Waals surface area contributed by atoms with Gasteiger partial charge in [-0.1, -0.05) is 5.21 Å². The smallest absolute Gasteiger partial charge is 0.280 e. The molecule has 2 aromatic rings. The van der Waals surface area contributed by atoms with Crippen molar-refractivity contribution in [1.29, 1.82) is 0 Å². The van der Waals surface area contributed by atoms with E-state index in [1.54, 1.807) is 14.0 Å². The number of fused-ring (bicyclic) bond motifs is 1. The van der Waals surface area contributed by atoms with Crippen molar-refractivity contribution in [2.45, 2.75) is 32.4 Å². The molecule has 0 saturated carbocycles. The second kappa shape index (κ2) is 4.62. The summed E-state index contributed by atoms with van der Waals surface area (Å²) in [5, 5.41) is 21.4. The third-order valence-electron chi connectivity index (χ3n) is 2.61. The van der Waals surface area contributed by atoms with Gasteiger partial charge in [0.2, 0.25) is 0 Å².